The Hall–Kier alpha value is -1.99. The monoisotopic (exact) mass is 356 g/mol. The van der Waals surface area contributed by atoms with Gasteiger partial charge in [0.25, 0.3) is 5.91 Å². The topological polar surface area (TPSA) is 65.8 Å². The van der Waals surface area contributed by atoms with Gasteiger partial charge in [-0.1, -0.05) is 0 Å². The molecule has 1 aliphatic carbocycles. The summed E-state index contributed by atoms with van der Waals surface area (Å²) in [5, 5.41) is 11.7. The summed E-state index contributed by atoms with van der Waals surface area (Å²) in [6.07, 6.45) is 4.62. The van der Waals surface area contributed by atoms with Crippen LogP contribution in [0.2, 0.25) is 0 Å². The van der Waals surface area contributed by atoms with Crippen molar-refractivity contribution in [1.82, 2.24) is 29.7 Å². The van der Waals surface area contributed by atoms with E-state index in [0.29, 0.717) is 5.56 Å². The highest BCUT2D eigenvalue weighted by Crippen LogP contribution is 2.32. The first kappa shape index (κ1) is 17.4. The molecule has 7 nitrogen and oxygen atoms in total. The number of pyridine rings is 1. The fourth-order valence-corrected chi connectivity index (χ4v) is 3.66. The number of aromatic nitrogens is 3. The van der Waals surface area contributed by atoms with Crippen molar-refractivity contribution < 1.29 is 4.79 Å². The first-order valence-corrected chi connectivity index (χ1v) is 9.59. The van der Waals surface area contributed by atoms with Crippen LogP contribution < -0.4 is 5.32 Å². The quantitative estimate of drug-likeness (QED) is 0.881. The average molecular weight is 356 g/mol. The van der Waals surface area contributed by atoms with Gasteiger partial charge in [-0.25, -0.2) is 0 Å². The zero-order valence-electron chi connectivity index (χ0n) is 15.9. The summed E-state index contributed by atoms with van der Waals surface area (Å²) in [6.45, 7) is 8.24. The van der Waals surface area contributed by atoms with Crippen molar-refractivity contribution in [2.45, 2.75) is 38.8 Å². The molecule has 1 saturated carbocycles. The highest BCUT2D eigenvalue weighted by atomic mass is 16.1. The molecule has 1 saturated heterocycles. The van der Waals surface area contributed by atoms with Crippen LogP contribution in [0.4, 0.5) is 0 Å². The van der Waals surface area contributed by atoms with Crippen LogP contribution in [0.15, 0.2) is 18.3 Å². The van der Waals surface area contributed by atoms with Gasteiger partial charge in [-0.3, -0.25) is 19.0 Å². The summed E-state index contributed by atoms with van der Waals surface area (Å²) in [5.41, 5.74) is 1.43. The van der Waals surface area contributed by atoms with Gasteiger partial charge in [0.2, 0.25) is 0 Å². The molecule has 3 heterocycles. The Kier molecular flexibility index (Phi) is 4.67. The molecule has 1 aliphatic heterocycles. The van der Waals surface area contributed by atoms with Crippen LogP contribution in [0.3, 0.4) is 0 Å². The molecule has 140 valence electrons. The maximum atomic E-state index is 12.4. The van der Waals surface area contributed by atoms with E-state index >= 15 is 0 Å². The molecule has 2 aromatic rings. The van der Waals surface area contributed by atoms with E-state index in [1.165, 1.54) is 19.4 Å². The van der Waals surface area contributed by atoms with Crippen molar-refractivity contribution in [2.24, 2.45) is 5.92 Å². The Morgan fingerprint density at radius 2 is 2.08 bits per heavy atom. The second-order valence-corrected chi connectivity index (χ2v) is 8.03. The molecule has 7 heteroatoms. The molecule has 2 aliphatic rings. The molecule has 0 unspecified atom stereocenters. The van der Waals surface area contributed by atoms with Crippen LogP contribution in [-0.2, 0) is 0 Å². The van der Waals surface area contributed by atoms with E-state index in [4.69, 9.17) is 0 Å². The third-order valence-electron chi connectivity index (χ3n) is 5.35. The molecule has 26 heavy (non-hydrogen) atoms. The van der Waals surface area contributed by atoms with E-state index in [-0.39, 0.29) is 18.0 Å². The van der Waals surface area contributed by atoms with Gasteiger partial charge in [0.05, 0.1) is 11.6 Å². The molecular formula is C19H28N6O. The van der Waals surface area contributed by atoms with Gasteiger partial charge in [-0.2, -0.15) is 0 Å². The largest absolute Gasteiger partial charge is 0.350 e. The Morgan fingerprint density at radius 1 is 1.27 bits per heavy atom. The molecule has 1 amide bonds. The van der Waals surface area contributed by atoms with E-state index in [2.05, 4.69) is 32.4 Å². The molecule has 4 rings (SSSR count). The number of nitrogens with zero attached hydrogens (tertiary/aromatic N) is 5. The Balaban J connectivity index is 1.61. The summed E-state index contributed by atoms with van der Waals surface area (Å²) in [6, 6.07) is 3.99. The van der Waals surface area contributed by atoms with E-state index in [9.17, 15) is 4.79 Å². The predicted molar refractivity (Wildman–Crippen MR) is 100 cm³/mol. The number of amides is 1. The van der Waals surface area contributed by atoms with Crippen molar-refractivity contribution in [3.8, 4) is 0 Å². The number of fused-ring (bicyclic) bond motifs is 1. The van der Waals surface area contributed by atoms with Gasteiger partial charge in [0, 0.05) is 38.4 Å². The molecule has 1 N–H and O–H groups in total. The summed E-state index contributed by atoms with van der Waals surface area (Å²) in [5.74, 6) is 1.75. The summed E-state index contributed by atoms with van der Waals surface area (Å²) < 4.78 is 1.98. The van der Waals surface area contributed by atoms with Crippen LogP contribution in [0.1, 0.15) is 48.9 Å². The Bertz CT molecular complexity index is 796. The van der Waals surface area contributed by atoms with Crippen molar-refractivity contribution in [3.63, 3.8) is 0 Å². The summed E-state index contributed by atoms with van der Waals surface area (Å²) in [4.78, 5) is 17.3. The normalized spacial score (nSPS) is 22.2. The van der Waals surface area contributed by atoms with Gasteiger partial charge < -0.3 is 5.32 Å². The van der Waals surface area contributed by atoms with Gasteiger partial charge in [0.15, 0.2) is 11.5 Å². The minimum absolute atomic E-state index is 0.0612. The Labute approximate surface area is 154 Å². The van der Waals surface area contributed by atoms with Crippen molar-refractivity contribution >= 4 is 11.6 Å². The lowest BCUT2D eigenvalue weighted by Gasteiger charge is -2.38. The number of piperazine rings is 1. The zero-order chi connectivity index (χ0) is 18.3. The molecular weight excluding hydrogens is 328 g/mol. The highest BCUT2D eigenvalue weighted by molar-refractivity contribution is 5.94. The lowest BCUT2D eigenvalue weighted by molar-refractivity contribution is 0.0869. The SMILES string of the molecule is CC(C)NC(=O)c1ccc2nnc([C@@H]3CN(CC4CC4)CCN3C)n2c1. The van der Waals surface area contributed by atoms with Crippen molar-refractivity contribution in [2.75, 3.05) is 33.2 Å². The minimum Gasteiger partial charge on any atom is -0.350 e. The van der Waals surface area contributed by atoms with E-state index in [0.717, 1.165) is 37.0 Å². The van der Waals surface area contributed by atoms with Crippen molar-refractivity contribution in [1.29, 1.82) is 0 Å². The smallest absolute Gasteiger partial charge is 0.252 e. The fraction of sp³-hybridized carbons (Fsp3) is 0.632. The van der Waals surface area contributed by atoms with E-state index in [1.807, 2.05) is 36.6 Å². The van der Waals surface area contributed by atoms with Gasteiger partial charge >= 0.3 is 0 Å². The van der Waals surface area contributed by atoms with Crippen LogP contribution in [0.5, 0.6) is 0 Å². The second-order valence-electron chi connectivity index (χ2n) is 8.03. The number of hydrogen-bond acceptors (Lipinski definition) is 5. The molecule has 0 radical (unpaired) electrons. The lowest BCUT2D eigenvalue weighted by Crippen LogP contribution is -2.47. The maximum Gasteiger partial charge on any atom is 0.252 e. The summed E-state index contributed by atoms with van der Waals surface area (Å²) in [7, 11) is 2.15. The number of nitrogens with one attached hydrogen (secondary N) is 1. The third-order valence-corrected chi connectivity index (χ3v) is 5.35. The van der Waals surface area contributed by atoms with Gasteiger partial charge in [-0.05, 0) is 51.8 Å². The number of rotatable bonds is 5. The van der Waals surface area contributed by atoms with Crippen LogP contribution in [0.25, 0.3) is 5.65 Å². The second kappa shape index (κ2) is 6.96. The lowest BCUT2D eigenvalue weighted by atomic mass is 10.1. The fourth-order valence-electron chi connectivity index (χ4n) is 3.66. The Morgan fingerprint density at radius 3 is 2.81 bits per heavy atom. The molecule has 0 aromatic carbocycles. The first-order valence-electron chi connectivity index (χ1n) is 9.59. The summed E-state index contributed by atoms with van der Waals surface area (Å²) >= 11 is 0. The molecule has 0 spiro atoms. The average Bonchev–Trinajstić information content (AvgIpc) is 3.32. The molecule has 0 bridgehead atoms. The zero-order valence-corrected chi connectivity index (χ0v) is 15.9. The van der Waals surface area contributed by atoms with Crippen LogP contribution in [0, 0.1) is 5.92 Å². The van der Waals surface area contributed by atoms with Crippen LogP contribution >= 0.6 is 0 Å². The number of carbonyl (C=O) groups excluding carboxylic acids is 1. The molecule has 2 aromatic heterocycles. The highest BCUT2D eigenvalue weighted by Gasteiger charge is 2.32. The predicted octanol–water partition coefficient (Wildman–Crippen LogP) is 1.57. The third kappa shape index (κ3) is 3.59. The van der Waals surface area contributed by atoms with Crippen molar-refractivity contribution in [3.05, 3.63) is 29.7 Å². The minimum atomic E-state index is -0.0612. The van der Waals surface area contributed by atoms with Crippen LogP contribution in [-0.4, -0.2) is 69.6 Å². The number of carbonyl (C=O) groups is 1. The first-order chi connectivity index (χ1) is 12.5. The van der Waals surface area contributed by atoms with E-state index < -0.39 is 0 Å². The standard InChI is InChI=1S/C19H28N6O/c1-13(2)20-19(26)15-6-7-17-21-22-18(25(17)11-15)16-12-24(9-8-23(16)3)10-14-4-5-14/h6-7,11,13-14,16H,4-5,8-10,12H2,1-3H3,(H,20,26)/t16-/m0/s1. The maximum absolute atomic E-state index is 12.4. The van der Waals surface area contributed by atoms with E-state index in [1.54, 1.807) is 0 Å². The molecule has 2 fully saturated rings. The van der Waals surface area contributed by atoms with Gasteiger partial charge in [-0.15, -0.1) is 10.2 Å². The number of hydrogen-bond donors (Lipinski definition) is 1. The van der Waals surface area contributed by atoms with Gasteiger partial charge in [0.1, 0.15) is 0 Å². The number of likely N-dealkylation sites (N-methyl/N-ethyl adjacent to an activating group) is 1. The molecule has 1 atom stereocenters.